The first-order valence-corrected chi connectivity index (χ1v) is 8.63. The predicted molar refractivity (Wildman–Crippen MR) is 91.3 cm³/mol. The van der Waals surface area contributed by atoms with Gasteiger partial charge in [-0.15, -0.1) is 0 Å². The summed E-state index contributed by atoms with van der Waals surface area (Å²) in [5.41, 5.74) is 0.612. The smallest absolute Gasteiger partial charge is 0.220 e. The lowest BCUT2D eigenvalue weighted by Gasteiger charge is -2.27. The fourth-order valence-corrected chi connectivity index (χ4v) is 3.29. The number of aliphatic hydroxyl groups is 1. The molecule has 2 N–H and O–H groups in total. The Balaban J connectivity index is 1.46. The van der Waals surface area contributed by atoms with Gasteiger partial charge < -0.3 is 14.8 Å². The molecule has 1 fully saturated rings. The zero-order valence-corrected chi connectivity index (χ0v) is 13.8. The Morgan fingerprint density at radius 1 is 1.25 bits per heavy atom. The molecule has 0 spiro atoms. The van der Waals surface area contributed by atoms with Crippen LogP contribution in [0.5, 0.6) is 0 Å². The van der Waals surface area contributed by atoms with Gasteiger partial charge in [-0.3, -0.25) is 4.79 Å². The third-order valence-corrected chi connectivity index (χ3v) is 4.67. The number of oxazole rings is 1. The van der Waals surface area contributed by atoms with E-state index in [-0.39, 0.29) is 18.1 Å². The summed E-state index contributed by atoms with van der Waals surface area (Å²) in [6.45, 7) is 0.0267. The Morgan fingerprint density at radius 2 is 2.00 bits per heavy atom. The standard InChI is InChI=1S/C19H24N2O3/c22-14-19(11-4-5-12-19)21-17(23)9-6-10-18-20-13-16(24-18)15-7-2-1-3-8-15/h1-3,7-8,13,22H,4-6,9-12,14H2,(H,21,23). The number of hydrogen-bond donors (Lipinski definition) is 2. The largest absolute Gasteiger partial charge is 0.441 e. The van der Waals surface area contributed by atoms with Crippen molar-refractivity contribution in [3.63, 3.8) is 0 Å². The number of hydrogen-bond acceptors (Lipinski definition) is 4. The van der Waals surface area contributed by atoms with E-state index >= 15 is 0 Å². The first kappa shape index (κ1) is 16.7. The molecule has 0 saturated heterocycles. The zero-order chi connectivity index (χ0) is 16.8. The monoisotopic (exact) mass is 328 g/mol. The number of nitrogens with one attached hydrogen (secondary N) is 1. The second-order valence-corrected chi connectivity index (χ2v) is 6.53. The molecule has 1 amide bonds. The summed E-state index contributed by atoms with van der Waals surface area (Å²) in [5.74, 6) is 1.40. The molecule has 0 unspecified atom stereocenters. The van der Waals surface area contributed by atoms with E-state index in [9.17, 15) is 9.90 Å². The highest BCUT2D eigenvalue weighted by Crippen LogP contribution is 2.29. The lowest BCUT2D eigenvalue weighted by atomic mass is 9.98. The van der Waals surface area contributed by atoms with E-state index in [0.717, 1.165) is 37.0 Å². The average molecular weight is 328 g/mol. The lowest BCUT2D eigenvalue weighted by molar-refractivity contribution is -0.123. The van der Waals surface area contributed by atoms with Crippen molar-refractivity contribution in [3.8, 4) is 11.3 Å². The van der Waals surface area contributed by atoms with Crippen LogP contribution in [0.4, 0.5) is 0 Å². The maximum atomic E-state index is 12.1. The molecule has 24 heavy (non-hydrogen) atoms. The molecular formula is C19H24N2O3. The van der Waals surface area contributed by atoms with Gasteiger partial charge in [-0.25, -0.2) is 4.98 Å². The molecular weight excluding hydrogens is 304 g/mol. The fraction of sp³-hybridized carbons (Fsp3) is 0.474. The number of carbonyl (C=O) groups excluding carboxylic acids is 1. The first-order valence-electron chi connectivity index (χ1n) is 8.63. The van der Waals surface area contributed by atoms with Crippen LogP contribution in [0.3, 0.4) is 0 Å². The SMILES string of the molecule is O=C(CCCc1ncc(-c2ccccc2)o1)NC1(CO)CCCC1. The van der Waals surface area contributed by atoms with Crippen LogP contribution in [0.2, 0.25) is 0 Å². The molecule has 5 nitrogen and oxygen atoms in total. The number of nitrogens with zero attached hydrogens (tertiary/aromatic N) is 1. The van der Waals surface area contributed by atoms with E-state index in [1.807, 2.05) is 30.3 Å². The molecule has 2 aromatic rings. The molecule has 0 aliphatic heterocycles. The minimum Gasteiger partial charge on any atom is -0.441 e. The molecule has 0 atom stereocenters. The molecule has 1 aromatic carbocycles. The number of benzene rings is 1. The van der Waals surface area contributed by atoms with E-state index in [1.165, 1.54) is 0 Å². The first-order chi connectivity index (χ1) is 11.7. The second kappa shape index (κ2) is 7.62. The number of carbonyl (C=O) groups is 1. The van der Waals surface area contributed by atoms with Crippen molar-refractivity contribution in [2.24, 2.45) is 0 Å². The average Bonchev–Trinajstić information content (AvgIpc) is 3.26. The highest BCUT2D eigenvalue weighted by molar-refractivity contribution is 5.76. The number of amides is 1. The van der Waals surface area contributed by atoms with Crippen LogP contribution >= 0.6 is 0 Å². The third kappa shape index (κ3) is 4.03. The number of rotatable bonds is 7. The number of aryl methyl sites for hydroxylation is 1. The molecule has 3 rings (SSSR count). The molecule has 1 aliphatic carbocycles. The fourth-order valence-electron chi connectivity index (χ4n) is 3.29. The summed E-state index contributed by atoms with van der Waals surface area (Å²) in [6.07, 6.45) is 7.34. The van der Waals surface area contributed by atoms with E-state index in [2.05, 4.69) is 10.3 Å². The van der Waals surface area contributed by atoms with Gasteiger partial charge in [0.2, 0.25) is 5.91 Å². The third-order valence-electron chi connectivity index (χ3n) is 4.67. The molecule has 1 aromatic heterocycles. The van der Waals surface area contributed by atoms with Crippen LogP contribution in [0, 0.1) is 0 Å². The zero-order valence-electron chi connectivity index (χ0n) is 13.8. The minimum atomic E-state index is -0.388. The Kier molecular flexibility index (Phi) is 5.30. The topological polar surface area (TPSA) is 75.4 Å². The van der Waals surface area contributed by atoms with E-state index in [1.54, 1.807) is 6.20 Å². The van der Waals surface area contributed by atoms with E-state index in [4.69, 9.17) is 4.42 Å². The predicted octanol–water partition coefficient (Wildman–Crippen LogP) is 3.09. The highest BCUT2D eigenvalue weighted by Gasteiger charge is 2.34. The van der Waals surface area contributed by atoms with Gasteiger partial charge in [-0.2, -0.15) is 0 Å². The van der Waals surface area contributed by atoms with Crippen molar-refractivity contribution >= 4 is 5.91 Å². The molecule has 1 heterocycles. The van der Waals surface area contributed by atoms with Gasteiger partial charge in [-0.1, -0.05) is 43.2 Å². The van der Waals surface area contributed by atoms with E-state index < -0.39 is 0 Å². The molecule has 1 saturated carbocycles. The van der Waals surface area contributed by atoms with Crippen LogP contribution in [0.15, 0.2) is 40.9 Å². The van der Waals surface area contributed by atoms with Gasteiger partial charge >= 0.3 is 0 Å². The maximum Gasteiger partial charge on any atom is 0.220 e. The van der Waals surface area contributed by atoms with Crippen molar-refractivity contribution < 1.29 is 14.3 Å². The molecule has 0 radical (unpaired) electrons. The van der Waals surface area contributed by atoms with Gasteiger partial charge in [-0.05, 0) is 19.3 Å². The van der Waals surface area contributed by atoms with Crippen molar-refractivity contribution in [1.29, 1.82) is 0 Å². The van der Waals surface area contributed by atoms with Gasteiger partial charge in [0.15, 0.2) is 11.7 Å². The van der Waals surface area contributed by atoms with Crippen LogP contribution in [-0.4, -0.2) is 28.1 Å². The Hall–Kier alpha value is -2.14. The maximum absolute atomic E-state index is 12.1. The lowest BCUT2D eigenvalue weighted by Crippen LogP contribution is -2.49. The van der Waals surface area contributed by atoms with Gasteiger partial charge in [0.1, 0.15) is 0 Å². The summed E-state index contributed by atoms with van der Waals surface area (Å²) in [6, 6.07) is 9.84. The highest BCUT2D eigenvalue weighted by atomic mass is 16.4. The van der Waals surface area contributed by atoms with Crippen molar-refractivity contribution in [1.82, 2.24) is 10.3 Å². The van der Waals surface area contributed by atoms with Gasteiger partial charge in [0.25, 0.3) is 0 Å². The van der Waals surface area contributed by atoms with Crippen molar-refractivity contribution in [2.75, 3.05) is 6.61 Å². The Bertz CT molecular complexity index is 660. The number of aliphatic hydroxyl groups excluding tert-OH is 1. The molecule has 5 heteroatoms. The van der Waals surface area contributed by atoms with Crippen LogP contribution < -0.4 is 5.32 Å². The van der Waals surface area contributed by atoms with Crippen molar-refractivity contribution in [3.05, 3.63) is 42.4 Å². The van der Waals surface area contributed by atoms with Crippen LogP contribution in [0.25, 0.3) is 11.3 Å². The normalized spacial score (nSPS) is 16.2. The summed E-state index contributed by atoms with van der Waals surface area (Å²) >= 11 is 0. The summed E-state index contributed by atoms with van der Waals surface area (Å²) in [7, 11) is 0. The summed E-state index contributed by atoms with van der Waals surface area (Å²) in [5, 5.41) is 12.6. The summed E-state index contributed by atoms with van der Waals surface area (Å²) < 4.78 is 5.74. The quantitative estimate of drug-likeness (QED) is 0.819. The molecule has 0 bridgehead atoms. The summed E-state index contributed by atoms with van der Waals surface area (Å²) in [4.78, 5) is 16.4. The Labute approximate surface area is 142 Å². The minimum absolute atomic E-state index is 0.000731. The van der Waals surface area contributed by atoms with Crippen LogP contribution in [0.1, 0.15) is 44.4 Å². The second-order valence-electron chi connectivity index (χ2n) is 6.53. The number of aromatic nitrogens is 1. The van der Waals surface area contributed by atoms with Crippen LogP contribution in [-0.2, 0) is 11.2 Å². The molecule has 128 valence electrons. The van der Waals surface area contributed by atoms with Crippen molar-refractivity contribution in [2.45, 2.75) is 50.5 Å². The molecule has 1 aliphatic rings. The van der Waals surface area contributed by atoms with Gasteiger partial charge in [0.05, 0.1) is 18.3 Å². The Morgan fingerprint density at radius 3 is 2.71 bits per heavy atom. The van der Waals surface area contributed by atoms with Gasteiger partial charge in [0, 0.05) is 18.4 Å². The van der Waals surface area contributed by atoms with E-state index in [0.29, 0.717) is 25.2 Å².